The Morgan fingerprint density at radius 3 is 2.73 bits per heavy atom. The number of methoxy groups -OCH3 is 1. The van der Waals surface area contributed by atoms with E-state index in [-0.39, 0.29) is 5.91 Å². The Labute approximate surface area is 89.8 Å². The van der Waals surface area contributed by atoms with Crippen molar-refractivity contribution in [2.24, 2.45) is 0 Å². The maximum atomic E-state index is 11.0. The average Bonchev–Trinajstić information content (AvgIpc) is 2.25. The molecule has 0 unspecified atom stereocenters. The van der Waals surface area contributed by atoms with Crippen LogP contribution in [0.5, 0.6) is 5.75 Å². The lowest BCUT2D eigenvalue weighted by molar-refractivity contribution is -0.117. The van der Waals surface area contributed by atoms with Gasteiger partial charge in [-0.15, -0.1) is 0 Å². The van der Waals surface area contributed by atoms with Crippen LogP contribution in [0.1, 0.15) is 19.4 Å². The van der Waals surface area contributed by atoms with E-state index in [0.29, 0.717) is 0 Å². The van der Waals surface area contributed by atoms with E-state index in [1.165, 1.54) is 6.92 Å². The predicted octanol–water partition coefficient (Wildman–Crippen LogP) is 2.19. The Balaban J connectivity index is 2.97. The molecule has 1 aromatic carbocycles. The molecular formula is C12H15NO2. The van der Waals surface area contributed by atoms with Gasteiger partial charge in [0.1, 0.15) is 5.75 Å². The van der Waals surface area contributed by atoms with Crippen molar-refractivity contribution in [1.82, 2.24) is 5.32 Å². The average molecular weight is 205 g/mol. The minimum atomic E-state index is -0.0779. The molecule has 0 aliphatic rings. The molecule has 3 nitrogen and oxygen atoms in total. The summed E-state index contributed by atoms with van der Waals surface area (Å²) in [5, 5.41) is 2.76. The largest absolute Gasteiger partial charge is 0.497 e. The highest BCUT2D eigenvalue weighted by Gasteiger charge is 2.03. The van der Waals surface area contributed by atoms with Gasteiger partial charge in [0.15, 0.2) is 0 Å². The molecule has 0 aliphatic carbocycles. The highest BCUT2D eigenvalue weighted by atomic mass is 16.5. The third-order valence-electron chi connectivity index (χ3n) is 1.98. The van der Waals surface area contributed by atoms with E-state index in [9.17, 15) is 4.79 Å². The van der Waals surface area contributed by atoms with Crippen molar-refractivity contribution in [2.45, 2.75) is 13.8 Å². The number of ether oxygens (including phenoxy) is 1. The molecule has 80 valence electrons. The van der Waals surface area contributed by atoms with Gasteiger partial charge in [-0.25, -0.2) is 0 Å². The number of hydrogen-bond donors (Lipinski definition) is 1. The molecule has 3 heteroatoms. The summed E-state index contributed by atoms with van der Waals surface area (Å²) in [6.45, 7) is 3.37. The lowest BCUT2D eigenvalue weighted by atomic mass is 10.1. The van der Waals surface area contributed by atoms with Crippen molar-refractivity contribution in [1.29, 1.82) is 0 Å². The van der Waals surface area contributed by atoms with Crippen LogP contribution >= 0.6 is 0 Å². The molecule has 1 rings (SSSR count). The molecule has 0 atom stereocenters. The fraction of sp³-hybridized carbons (Fsp3) is 0.250. The number of allylic oxidation sites excluding steroid dienone is 1. The van der Waals surface area contributed by atoms with Crippen molar-refractivity contribution >= 4 is 11.6 Å². The molecule has 0 radical (unpaired) electrons. The number of rotatable bonds is 3. The van der Waals surface area contributed by atoms with Gasteiger partial charge < -0.3 is 10.1 Å². The maximum absolute atomic E-state index is 11.0. The van der Waals surface area contributed by atoms with Crippen LogP contribution in [0.3, 0.4) is 0 Å². The van der Waals surface area contributed by atoms with E-state index in [1.807, 2.05) is 37.3 Å². The summed E-state index contributed by atoms with van der Waals surface area (Å²) in [7, 11) is 1.62. The van der Waals surface area contributed by atoms with Gasteiger partial charge in [-0.2, -0.15) is 0 Å². The number of hydrogen-bond acceptors (Lipinski definition) is 2. The fourth-order valence-electron chi connectivity index (χ4n) is 1.29. The van der Waals surface area contributed by atoms with Crippen LogP contribution in [0.4, 0.5) is 0 Å². The van der Waals surface area contributed by atoms with Crippen LogP contribution in [-0.2, 0) is 4.79 Å². The summed E-state index contributed by atoms with van der Waals surface area (Å²) >= 11 is 0. The SMILES string of the molecule is C/C=C(\NC(C)=O)c1cccc(OC)c1. The molecule has 15 heavy (non-hydrogen) atoms. The van der Waals surface area contributed by atoms with E-state index in [0.717, 1.165) is 17.0 Å². The molecule has 1 amide bonds. The predicted molar refractivity (Wildman–Crippen MR) is 60.5 cm³/mol. The molecule has 0 aliphatic heterocycles. The second kappa shape index (κ2) is 5.20. The topological polar surface area (TPSA) is 38.3 Å². The van der Waals surface area contributed by atoms with E-state index < -0.39 is 0 Å². The third kappa shape index (κ3) is 3.13. The summed E-state index contributed by atoms with van der Waals surface area (Å²) < 4.78 is 5.11. The second-order valence-electron chi connectivity index (χ2n) is 3.12. The second-order valence-corrected chi connectivity index (χ2v) is 3.12. The molecular weight excluding hydrogens is 190 g/mol. The molecule has 0 saturated heterocycles. The van der Waals surface area contributed by atoms with Gasteiger partial charge in [0.2, 0.25) is 5.91 Å². The van der Waals surface area contributed by atoms with Crippen LogP contribution in [0.15, 0.2) is 30.3 Å². The lowest BCUT2D eigenvalue weighted by Crippen LogP contribution is -2.17. The van der Waals surface area contributed by atoms with Crippen molar-refractivity contribution in [3.8, 4) is 5.75 Å². The Morgan fingerprint density at radius 2 is 2.20 bits per heavy atom. The quantitative estimate of drug-likeness (QED) is 0.821. The zero-order chi connectivity index (χ0) is 11.3. The highest BCUT2D eigenvalue weighted by Crippen LogP contribution is 2.18. The van der Waals surface area contributed by atoms with Gasteiger partial charge in [0, 0.05) is 18.2 Å². The van der Waals surface area contributed by atoms with Crippen molar-refractivity contribution < 1.29 is 9.53 Å². The maximum Gasteiger partial charge on any atom is 0.221 e. The monoisotopic (exact) mass is 205 g/mol. The minimum absolute atomic E-state index is 0.0779. The molecule has 0 bridgehead atoms. The Kier molecular flexibility index (Phi) is 3.92. The van der Waals surface area contributed by atoms with Crippen molar-refractivity contribution in [3.05, 3.63) is 35.9 Å². The van der Waals surface area contributed by atoms with Gasteiger partial charge in [-0.3, -0.25) is 4.79 Å². The van der Waals surface area contributed by atoms with Crippen molar-refractivity contribution in [2.75, 3.05) is 7.11 Å². The first kappa shape index (κ1) is 11.3. The van der Waals surface area contributed by atoms with Gasteiger partial charge in [0.05, 0.1) is 7.11 Å². The van der Waals surface area contributed by atoms with E-state index in [4.69, 9.17) is 4.74 Å². The van der Waals surface area contributed by atoms with Gasteiger partial charge >= 0.3 is 0 Å². The van der Waals surface area contributed by atoms with Crippen molar-refractivity contribution in [3.63, 3.8) is 0 Å². The summed E-state index contributed by atoms with van der Waals surface area (Å²) in [5.41, 5.74) is 1.73. The summed E-state index contributed by atoms with van der Waals surface area (Å²) in [5.74, 6) is 0.697. The van der Waals surface area contributed by atoms with Crippen LogP contribution in [0, 0.1) is 0 Å². The van der Waals surface area contributed by atoms with E-state index in [1.54, 1.807) is 7.11 Å². The Hall–Kier alpha value is -1.77. The zero-order valence-corrected chi connectivity index (χ0v) is 9.20. The third-order valence-corrected chi connectivity index (χ3v) is 1.98. The number of nitrogens with one attached hydrogen (secondary N) is 1. The first-order valence-electron chi connectivity index (χ1n) is 4.75. The molecule has 0 heterocycles. The fourth-order valence-corrected chi connectivity index (χ4v) is 1.29. The highest BCUT2D eigenvalue weighted by molar-refractivity contribution is 5.85. The van der Waals surface area contributed by atoms with Gasteiger partial charge in [0.25, 0.3) is 0 Å². The summed E-state index contributed by atoms with van der Waals surface area (Å²) in [6.07, 6.45) is 1.86. The van der Waals surface area contributed by atoms with E-state index in [2.05, 4.69) is 5.32 Å². The first-order valence-corrected chi connectivity index (χ1v) is 4.75. The molecule has 1 aromatic rings. The van der Waals surface area contributed by atoms with Crippen LogP contribution in [0.2, 0.25) is 0 Å². The summed E-state index contributed by atoms with van der Waals surface area (Å²) in [6, 6.07) is 7.56. The summed E-state index contributed by atoms with van der Waals surface area (Å²) in [4.78, 5) is 11.0. The molecule has 0 saturated carbocycles. The van der Waals surface area contributed by atoms with Crippen LogP contribution < -0.4 is 10.1 Å². The first-order chi connectivity index (χ1) is 7.17. The number of amides is 1. The van der Waals surface area contributed by atoms with Crippen LogP contribution in [-0.4, -0.2) is 13.0 Å². The number of carbonyl (C=O) groups excluding carboxylic acids is 1. The van der Waals surface area contributed by atoms with Gasteiger partial charge in [-0.1, -0.05) is 18.2 Å². The normalized spacial score (nSPS) is 11.0. The number of benzene rings is 1. The van der Waals surface area contributed by atoms with E-state index >= 15 is 0 Å². The van der Waals surface area contributed by atoms with Gasteiger partial charge in [-0.05, 0) is 19.1 Å². The smallest absolute Gasteiger partial charge is 0.221 e. The minimum Gasteiger partial charge on any atom is -0.497 e. The zero-order valence-electron chi connectivity index (χ0n) is 9.20. The Bertz CT molecular complexity index is 383. The molecule has 1 N–H and O–H groups in total. The molecule has 0 spiro atoms. The van der Waals surface area contributed by atoms with Crippen LogP contribution in [0.25, 0.3) is 5.70 Å². The molecule has 0 aromatic heterocycles. The lowest BCUT2D eigenvalue weighted by Gasteiger charge is -2.09. The number of carbonyl (C=O) groups is 1. The standard InChI is InChI=1S/C12H15NO2/c1-4-12(13-9(2)14)10-6-5-7-11(8-10)15-3/h4-8H,1-3H3,(H,13,14)/b12-4-. The molecule has 0 fully saturated rings. The Morgan fingerprint density at radius 1 is 1.47 bits per heavy atom.